The van der Waals surface area contributed by atoms with Gasteiger partial charge in [-0.3, -0.25) is 9.78 Å². The van der Waals surface area contributed by atoms with E-state index in [0.717, 1.165) is 18.9 Å². The second kappa shape index (κ2) is 4.01. The molecule has 0 aliphatic heterocycles. The summed E-state index contributed by atoms with van der Waals surface area (Å²) < 4.78 is 26.5. The minimum Gasteiger partial charge on any atom is -0.349 e. The van der Waals surface area contributed by atoms with Gasteiger partial charge in [0.1, 0.15) is 11.3 Å². The third-order valence-corrected chi connectivity index (χ3v) is 2.88. The minimum atomic E-state index is -0.723. The molecule has 0 spiro atoms. The summed E-state index contributed by atoms with van der Waals surface area (Å²) in [6, 6.07) is 3.63. The predicted molar refractivity (Wildman–Crippen MR) is 62.1 cm³/mol. The number of amides is 1. The van der Waals surface area contributed by atoms with E-state index >= 15 is 0 Å². The van der Waals surface area contributed by atoms with Crippen LogP contribution in [0.4, 0.5) is 8.78 Å². The average Bonchev–Trinajstić information content (AvgIpc) is 3.11. The standard InChI is InChI=1S/C13H10F2N2O/c14-9-4-7-3-8(13(18)17-10-1-2-10)6-16-12(7)11(15)5-9/h3-6,10H,1-2H2,(H,17,18). The maximum atomic E-state index is 13.4. The Morgan fingerprint density at radius 2 is 2.06 bits per heavy atom. The first kappa shape index (κ1) is 11.1. The molecule has 0 saturated heterocycles. The molecule has 1 heterocycles. The number of nitrogens with one attached hydrogen (secondary N) is 1. The fraction of sp³-hybridized carbons (Fsp3) is 0.231. The quantitative estimate of drug-likeness (QED) is 0.886. The van der Waals surface area contributed by atoms with Crippen LogP contribution in [0.25, 0.3) is 10.9 Å². The van der Waals surface area contributed by atoms with Crippen molar-refractivity contribution in [1.82, 2.24) is 10.3 Å². The summed E-state index contributed by atoms with van der Waals surface area (Å²) in [7, 11) is 0. The van der Waals surface area contributed by atoms with Crippen molar-refractivity contribution in [3.05, 3.63) is 41.6 Å². The van der Waals surface area contributed by atoms with Gasteiger partial charge >= 0.3 is 0 Å². The fourth-order valence-electron chi connectivity index (χ4n) is 1.79. The van der Waals surface area contributed by atoms with Crippen molar-refractivity contribution >= 4 is 16.8 Å². The van der Waals surface area contributed by atoms with Gasteiger partial charge in [0.2, 0.25) is 0 Å². The zero-order valence-corrected chi connectivity index (χ0v) is 9.41. The molecule has 1 amide bonds. The van der Waals surface area contributed by atoms with Crippen molar-refractivity contribution < 1.29 is 13.6 Å². The van der Waals surface area contributed by atoms with Gasteiger partial charge in [0.25, 0.3) is 5.91 Å². The maximum Gasteiger partial charge on any atom is 0.253 e. The van der Waals surface area contributed by atoms with Crippen LogP contribution < -0.4 is 5.32 Å². The van der Waals surface area contributed by atoms with Crippen LogP contribution in [0.3, 0.4) is 0 Å². The second-order valence-corrected chi connectivity index (χ2v) is 4.43. The summed E-state index contributed by atoms with van der Waals surface area (Å²) in [6.45, 7) is 0. The molecule has 18 heavy (non-hydrogen) atoms. The van der Waals surface area contributed by atoms with Crippen molar-refractivity contribution in [3.63, 3.8) is 0 Å². The van der Waals surface area contributed by atoms with E-state index in [1.54, 1.807) is 0 Å². The molecule has 3 rings (SSSR count). The normalized spacial score (nSPS) is 14.8. The van der Waals surface area contributed by atoms with Gasteiger partial charge in [-0.25, -0.2) is 8.78 Å². The monoisotopic (exact) mass is 248 g/mol. The van der Waals surface area contributed by atoms with Crippen LogP contribution in [0, 0.1) is 11.6 Å². The van der Waals surface area contributed by atoms with Crippen molar-refractivity contribution in [2.24, 2.45) is 0 Å². The lowest BCUT2D eigenvalue weighted by Crippen LogP contribution is -2.25. The number of hydrogen-bond donors (Lipinski definition) is 1. The first-order valence-electron chi connectivity index (χ1n) is 5.69. The van der Waals surface area contributed by atoms with E-state index in [1.807, 2.05) is 0 Å². The zero-order valence-electron chi connectivity index (χ0n) is 9.41. The number of hydrogen-bond acceptors (Lipinski definition) is 2. The van der Waals surface area contributed by atoms with Gasteiger partial charge in [0, 0.05) is 23.7 Å². The Bertz CT molecular complexity index is 638. The highest BCUT2D eigenvalue weighted by molar-refractivity contribution is 5.97. The molecule has 1 aromatic carbocycles. The van der Waals surface area contributed by atoms with Crippen molar-refractivity contribution in [2.75, 3.05) is 0 Å². The van der Waals surface area contributed by atoms with E-state index in [0.29, 0.717) is 5.56 Å². The van der Waals surface area contributed by atoms with Crippen LogP contribution in [0.1, 0.15) is 23.2 Å². The summed E-state index contributed by atoms with van der Waals surface area (Å²) in [4.78, 5) is 15.6. The molecule has 1 aromatic heterocycles. The zero-order chi connectivity index (χ0) is 12.7. The van der Waals surface area contributed by atoms with Crippen LogP contribution >= 0.6 is 0 Å². The van der Waals surface area contributed by atoms with Crippen molar-refractivity contribution in [2.45, 2.75) is 18.9 Å². The number of rotatable bonds is 2. The third kappa shape index (κ3) is 2.03. The Balaban J connectivity index is 2.01. The van der Waals surface area contributed by atoms with Crippen LogP contribution in [-0.4, -0.2) is 16.9 Å². The van der Waals surface area contributed by atoms with Crippen LogP contribution in [-0.2, 0) is 0 Å². The van der Waals surface area contributed by atoms with Gasteiger partial charge in [-0.2, -0.15) is 0 Å². The molecule has 1 aliphatic rings. The van der Waals surface area contributed by atoms with Gasteiger partial charge in [0.05, 0.1) is 5.56 Å². The molecule has 5 heteroatoms. The second-order valence-electron chi connectivity index (χ2n) is 4.43. The van der Waals surface area contributed by atoms with Crippen molar-refractivity contribution in [1.29, 1.82) is 0 Å². The Kier molecular flexibility index (Phi) is 2.47. The molecule has 1 saturated carbocycles. The number of halogens is 2. The third-order valence-electron chi connectivity index (χ3n) is 2.88. The topological polar surface area (TPSA) is 42.0 Å². The lowest BCUT2D eigenvalue weighted by Gasteiger charge is -2.05. The van der Waals surface area contributed by atoms with Crippen molar-refractivity contribution in [3.8, 4) is 0 Å². The summed E-state index contributed by atoms with van der Waals surface area (Å²) in [6.07, 6.45) is 3.27. The Morgan fingerprint density at radius 3 is 2.78 bits per heavy atom. The molecule has 1 aliphatic carbocycles. The molecule has 1 N–H and O–H groups in total. The lowest BCUT2D eigenvalue weighted by molar-refractivity contribution is 0.0951. The average molecular weight is 248 g/mol. The maximum absolute atomic E-state index is 13.4. The van der Waals surface area contributed by atoms with E-state index in [4.69, 9.17) is 0 Å². The highest BCUT2D eigenvalue weighted by atomic mass is 19.1. The van der Waals surface area contributed by atoms with Crippen LogP contribution in [0.15, 0.2) is 24.4 Å². The molecule has 92 valence electrons. The Hall–Kier alpha value is -2.04. The van der Waals surface area contributed by atoms with Crippen LogP contribution in [0.2, 0.25) is 0 Å². The Morgan fingerprint density at radius 1 is 1.28 bits per heavy atom. The molecule has 1 fully saturated rings. The van der Waals surface area contributed by atoms with Gasteiger partial charge in [-0.1, -0.05) is 0 Å². The van der Waals surface area contributed by atoms with E-state index in [1.165, 1.54) is 18.3 Å². The van der Waals surface area contributed by atoms with E-state index in [-0.39, 0.29) is 22.9 Å². The number of nitrogens with zero attached hydrogens (tertiary/aromatic N) is 1. The number of benzene rings is 1. The first-order valence-corrected chi connectivity index (χ1v) is 5.69. The number of aromatic nitrogens is 1. The van der Waals surface area contributed by atoms with Gasteiger partial charge in [-0.05, 0) is 25.0 Å². The molecule has 0 atom stereocenters. The predicted octanol–water partition coefficient (Wildman–Crippen LogP) is 2.41. The van der Waals surface area contributed by atoms with Gasteiger partial charge in [-0.15, -0.1) is 0 Å². The molecular weight excluding hydrogens is 238 g/mol. The summed E-state index contributed by atoms with van der Waals surface area (Å²) in [5.41, 5.74) is 0.388. The lowest BCUT2D eigenvalue weighted by atomic mass is 10.1. The summed E-state index contributed by atoms with van der Waals surface area (Å²) >= 11 is 0. The highest BCUT2D eigenvalue weighted by Gasteiger charge is 2.24. The molecule has 0 unspecified atom stereocenters. The van der Waals surface area contributed by atoms with E-state index in [2.05, 4.69) is 10.3 Å². The molecule has 0 bridgehead atoms. The first-order chi connectivity index (χ1) is 8.63. The van der Waals surface area contributed by atoms with E-state index < -0.39 is 11.6 Å². The smallest absolute Gasteiger partial charge is 0.253 e. The number of pyridine rings is 1. The highest BCUT2D eigenvalue weighted by Crippen LogP contribution is 2.21. The van der Waals surface area contributed by atoms with Gasteiger partial charge in [0.15, 0.2) is 5.82 Å². The molecule has 3 nitrogen and oxygen atoms in total. The number of carbonyl (C=O) groups is 1. The summed E-state index contributed by atoms with van der Waals surface area (Å²) in [5.74, 6) is -1.66. The number of carbonyl (C=O) groups excluding carboxylic acids is 1. The minimum absolute atomic E-state index is 0.0689. The molecular formula is C13H10F2N2O. The van der Waals surface area contributed by atoms with E-state index in [9.17, 15) is 13.6 Å². The number of fused-ring (bicyclic) bond motifs is 1. The largest absolute Gasteiger partial charge is 0.349 e. The Labute approximate surface area is 102 Å². The molecule has 0 radical (unpaired) electrons. The van der Waals surface area contributed by atoms with Crippen LogP contribution in [0.5, 0.6) is 0 Å². The fourth-order valence-corrected chi connectivity index (χ4v) is 1.79. The summed E-state index contributed by atoms with van der Waals surface area (Å²) in [5, 5.41) is 3.09. The SMILES string of the molecule is O=C(NC1CC1)c1cnc2c(F)cc(F)cc2c1. The van der Waals surface area contributed by atoms with Gasteiger partial charge < -0.3 is 5.32 Å². The molecule has 2 aromatic rings.